The Labute approximate surface area is 108 Å². The van der Waals surface area contributed by atoms with Gasteiger partial charge in [0, 0.05) is 30.8 Å². The second-order valence-corrected chi connectivity index (χ2v) is 5.15. The van der Waals surface area contributed by atoms with Crippen LogP contribution in [0.4, 0.5) is 0 Å². The Morgan fingerprint density at radius 2 is 2.50 bits per heavy atom. The minimum Gasteiger partial charge on any atom is -0.336 e. The van der Waals surface area contributed by atoms with Crippen LogP contribution >= 0.6 is 0 Å². The maximum atomic E-state index is 12.2. The molecule has 3 N–H and O–H groups in total. The van der Waals surface area contributed by atoms with Crippen molar-refractivity contribution in [2.24, 2.45) is 5.73 Å². The number of carbonyl (C=O) groups is 1. The quantitative estimate of drug-likeness (QED) is 0.852. The van der Waals surface area contributed by atoms with Crippen molar-refractivity contribution in [1.29, 1.82) is 0 Å². The van der Waals surface area contributed by atoms with Gasteiger partial charge in [-0.2, -0.15) is 5.10 Å². The monoisotopic (exact) mass is 250 g/mol. The summed E-state index contributed by atoms with van der Waals surface area (Å²) < 4.78 is 0. The lowest BCUT2D eigenvalue weighted by Gasteiger charge is -2.35. The molecule has 1 aromatic rings. The second kappa shape index (κ2) is 6.00. The number of likely N-dealkylation sites (tertiary alicyclic amines) is 1. The number of nitrogens with zero attached hydrogens (tertiary/aromatic N) is 2. The average Bonchev–Trinajstić information content (AvgIpc) is 2.89. The molecule has 2 atom stereocenters. The molecule has 1 aromatic heterocycles. The molecule has 0 aliphatic carbocycles. The summed E-state index contributed by atoms with van der Waals surface area (Å²) in [5.41, 5.74) is 6.83. The largest absolute Gasteiger partial charge is 0.336 e. The summed E-state index contributed by atoms with van der Waals surface area (Å²) >= 11 is 0. The minimum atomic E-state index is 0.0890. The first-order valence-corrected chi connectivity index (χ1v) is 6.72. The number of hydrogen-bond acceptors (Lipinski definition) is 3. The molecule has 2 unspecified atom stereocenters. The number of H-pyrrole nitrogens is 1. The zero-order chi connectivity index (χ0) is 13.0. The molecule has 2 heterocycles. The van der Waals surface area contributed by atoms with Crippen LogP contribution in [0.15, 0.2) is 12.4 Å². The van der Waals surface area contributed by atoms with Gasteiger partial charge in [0.15, 0.2) is 0 Å². The third kappa shape index (κ3) is 3.10. The second-order valence-electron chi connectivity index (χ2n) is 5.15. The molecule has 2 rings (SSSR count). The van der Waals surface area contributed by atoms with Crippen LogP contribution in [0.25, 0.3) is 0 Å². The number of hydrogen-bond donors (Lipinski definition) is 2. The smallest absolute Gasteiger partial charge is 0.223 e. The number of nitrogens with one attached hydrogen (secondary N) is 1. The predicted molar refractivity (Wildman–Crippen MR) is 69.8 cm³/mol. The van der Waals surface area contributed by atoms with Gasteiger partial charge in [0.1, 0.15) is 0 Å². The number of rotatable bonds is 4. The Bertz CT molecular complexity index is 374. The van der Waals surface area contributed by atoms with E-state index in [1.54, 1.807) is 0 Å². The highest BCUT2D eigenvalue weighted by molar-refractivity contribution is 5.76. The molecule has 0 spiro atoms. The standard InChI is InChI=1S/C13H22N4O/c1-10(14)5-6-13(18)17-7-3-2-4-12(17)11-8-15-16-9-11/h8-10,12H,2-7,14H2,1H3,(H,15,16). The fourth-order valence-electron chi connectivity index (χ4n) is 2.51. The van der Waals surface area contributed by atoms with Crippen LogP contribution in [-0.2, 0) is 4.79 Å². The molecular formula is C13H22N4O. The van der Waals surface area contributed by atoms with E-state index in [9.17, 15) is 4.79 Å². The summed E-state index contributed by atoms with van der Waals surface area (Å²) in [4.78, 5) is 14.2. The fourth-order valence-corrected chi connectivity index (χ4v) is 2.51. The van der Waals surface area contributed by atoms with Gasteiger partial charge in [0.05, 0.1) is 12.2 Å². The Hall–Kier alpha value is -1.36. The number of amides is 1. The molecule has 5 nitrogen and oxygen atoms in total. The van der Waals surface area contributed by atoms with E-state index in [0.717, 1.165) is 31.4 Å². The van der Waals surface area contributed by atoms with Gasteiger partial charge in [-0.3, -0.25) is 9.89 Å². The van der Waals surface area contributed by atoms with Crippen molar-refractivity contribution in [1.82, 2.24) is 15.1 Å². The third-order valence-electron chi connectivity index (χ3n) is 3.54. The first-order valence-electron chi connectivity index (χ1n) is 6.72. The molecular weight excluding hydrogens is 228 g/mol. The van der Waals surface area contributed by atoms with Crippen molar-refractivity contribution in [3.8, 4) is 0 Å². The van der Waals surface area contributed by atoms with E-state index >= 15 is 0 Å². The molecule has 0 bridgehead atoms. The number of aromatic nitrogens is 2. The topological polar surface area (TPSA) is 75.0 Å². The fraction of sp³-hybridized carbons (Fsp3) is 0.692. The molecule has 1 amide bonds. The molecule has 1 saturated heterocycles. The Balaban J connectivity index is 2.01. The maximum Gasteiger partial charge on any atom is 0.223 e. The predicted octanol–water partition coefficient (Wildman–Crippen LogP) is 1.59. The van der Waals surface area contributed by atoms with E-state index in [2.05, 4.69) is 10.2 Å². The lowest BCUT2D eigenvalue weighted by molar-refractivity contribution is -0.135. The molecule has 18 heavy (non-hydrogen) atoms. The van der Waals surface area contributed by atoms with Gasteiger partial charge < -0.3 is 10.6 Å². The molecule has 1 aliphatic heterocycles. The van der Waals surface area contributed by atoms with E-state index in [0.29, 0.717) is 6.42 Å². The van der Waals surface area contributed by atoms with E-state index < -0.39 is 0 Å². The Kier molecular flexibility index (Phi) is 4.36. The molecule has 0 aromatic carbocycles. The van der Waals surface area contributed by atoms with Crippen LogP contribution in [0, 0.1) is 0 Å². The number of carbonyl (C=O) groups excluding carboxylic acids is 1. The van der Waals surface area contributed by atoms with Gasteiger partial charge in [0.2, 0.25) is 5.91 Å². The van der Waals surface area contributed by atoms with Crippen LogP contribution in [0.2, 0.25) is 0 Å². The summed E-state index contributed by atoms with van der Waals surface area (Å²) in [6.45, 7) is 2.80. The van der Waals surface area contributed by atoms with Crippen molar-refractivity contribution < 1.29 is 4.79 Å². The number of aromatic amines is 1. The third-order valence-corrected chi connectivity index (χ3v) is 3.54. The number of piperidine rings is 1. The average molecular weight is 250 g/mol. The van der Waals surface area contributed by atoms with Crippen molar-refractivity contribution >= 4 is 5.91 Å². The molecule has 0 radical (unpaired) electrons. The van der Waals surface area contributed by atoms with Gasteiger partial charge in [-0.15, -0.1) is 0 Å². The molecule has 1 fully saturated rings. The molecule has 1 aliphatic rings. The van der Waals surface area contributed by atoms with E-state index in [1.165, 1.54) is 6.42 Å². The summed E-state index contributed by atoms with van der Waals surface area (Å²) in [6.07, 6.45) is 8.32. The Morgan fingerprint density at radius 1 is 1.67 bits per heavy atom. The van der Waals surface area contributed by atoms with Crippen molar-refractivity contribution in [2.75, 3.05) is 6.54 Å². The minimum absolute atomic E-state index is 0.0890. The zero-order valence-corrected chi connectivity index (χ0v) is 10.9. The first-order chi connectivity index (χ1) is 8.68. The van der Waals surface area contributed by atoms with Crippen LogP contribution in [0.5, 0.6) is 0 Å². The lowest BCUT2D eigenvalue weighted by Crippen LogP contribution is -2.38. The highest BCUT2D eigenvalue weighted by Crippen LogP contribution is 2.30. The summed E-state index contributed by atoms with van der Waals surface area (Å²) in [6, 6.07) is 0.282. The Morgan fingerprint density at radius 3 is 3.17 bits per heavy atom. The van der Waals surface area contributed by atoms with Crippen LogP contribution in [0.3, 0.4) is 0 Å². The zero-order valence-electron chi connectivity index (χ0n) is 10.9. The molecule has 100 valence electrons. The van der Waals surface area contributed by atoms with Gasteiger partial charge in [-0.05, 0) is 32.6 Å². The van der Waals surface area contributed by atoms with Gasteiger partial charge >= 0.3 is 0 Å². The van der Waals surface area contributed by atoms with Crippen LogP contribution in [-0.4, -0.2) is 33.6 Å². The van der Waals surface area contributed by atoms with Crippen LogP contribution < -0.4 is 5.73 Å². The summed E-state index contributed by atoms with van der Waals surface area (Å²) in [7, 11) is 0. The normalized spacial score (nSPS) is 21.9. The van der Waals surface area contributed by atoms with E-state index in [4.69, 9.17) is 5.73 Å². The van der Waals surface area contributed by atoms with Crippen molar-refractivity contribution in [3.05, 3.63) is 18.0 Å². The maximum absolute atomic E-state index is 12.2. The van der Waals surface area contributed by atoms with Crippen molar-refractivity contribution in [3.63, 3.8) is 0 Å². The number of nitrogens with two attached hydrogens (primary N) is 1. The molecule has 0 saturated carbocycles. The highest BCUT2D eigenvalue weighted by Gasteiger charge is 2.28. The van der Waals surface area contributed by atoms with E-state index in [1.807, 2.05) is 24.2 Å². The summed E-state index contributed by atoms with van der Waals surface area (Å²) in [5.74, 6) is 0.221. The molecule has 5 heteroatoms. The van der Waals surface area contributed by atoms with Crippen molar-refractivity contribution in [2.45, 2.75) is 51.1 Å². The van der Waals surface area contributed by atoms with Crippen LogP contribution in [0.1, 0.15) is 50.6 Å². The van der Waals surface area contributed by atoms with Gasteiger partial charge in [-0.1, -0.05) is 0 Å². The summed E-state index contributed by atoms with van der Waals surface area (Å²) in [5, 5.41) is 6.81. The van der Waals surface area contributed by atoms with Gasteiger partial charge in [-0.25, -0.2) is 0 Å². The SMILES string of the molecule is CC(N)CCC(=O)N1CCCCC1c1cn[nH]c1. The van der Waals surface area contributed by atoms with E-state index in [-0.39, 0.29) is 18.0 Å². The van der Waals surface area contributed by atoms with Gasteiger partial charge in [0.25, 0.3) is 0 Å². The lowest BCUT2D eigenvalue weighted by atomic mass is 9.97. The highest BCUT2D eigenvalue weighted by atomic mass is 16.2. The first kappa shape index (κ1) is 13.1.